The minimum atomic E-state index is -0.123. The minimum absolute atomic E-state index is 0. The van der Waals surface area contributed by atoms with Crippen LogP contribution in [0.2, 0.25) is 0 Å². The fraction of sp³-hybridized carbons (Fsp3) is 0.500. The van der Waals surface area contributed by atoms with Crippen molar-refractivity contribution >= 4 is 18.3 Å². The van der Waals surface area contributed by atoms with E-state index < -0.39 is 0 Å². The lowest BCUT2D eigenvalue weighted by atomic mass is 10.1. The summed E-state index contributed by atoms with van der Waals surface area (Å²) in [5.74, 6) is 1.40. The fourth-order valence-electron chi connectivity index (χ4n) is 2.86. The third-order valence-corrected chi connectivity index (χ3v) is 4.39. The smallest absolute Gasteiger partial charge is 0.272 e. The number of nitrogens with one attached hydrogen (secondary N) is 3. The number of hydrogen-bond donors (Lipinski definition) is 3. The third-order valence-electron chi connectivity index (χ3n) is 4.39. The van der Waals surface area contributed by atoms with Gasteiger partial charge >= 0.3 is 0 Å². The standard InChI is InChI=1S/C16H20N6O.ClH/c23-16(14-12-9-17-5-4-13(12)21-22-14)18-6-3-10-7-19-15(20-8-10)11-1-2-11;/h7-8,11,17H,1-6,9H2,(H,18,23)(H,21,22);1H. The maximum absolute atomic E-state index is 12.3. The van der Waals surface area contributed by atoms with Crippen molar-refractivity contribution < 1.29 is 4.79 Å². The summed E-state index contributed by atoms with van der Waals surface area (Å²) in [7, 11) is 0. The Morgan fingerprint density at radius 1 is 1.29 bits per heavy atom. The fourth-order valence-corrected chi connectivity index (χ4v) is 2.86. The van der Waals surface area contributed by atoms with Crippen molar-refractivity contribution in [2.45, 2.75) is 38.1 Å². The van der Waals surface area contributed by atoms with E-state index >= 15 is 0 Å². The molecule has 4 rings (SSSR count). The van der Waals surface area contributed by atoms with Crippen LogP contribution in [-0.2, 0) is 19.4 Å². The Morgan fingerprint density at radius 2 is 2.08 bits per heavy atom. The Morgan fingerprint density at radius 3 is 2.83 bits per heavy atom. The van der Waals surface area contributed by atoms with Crippen LogP contribution in [0.3, 0.4) is 0 Å². The zero-order chi connectivity index (χ0) is 15.6. The molecule has 3 heterocycles. The zero-order valence-electron chi connectivity index (χ0n) is 13.3. The molecule has 0 saturated heterocycles. The van der Waals surface area contributed by atoms with E-state index in [0.29, 0.717) is 24.7 Å². The van der Waals surface area contributed by atoms with Crippen molar-refractivity contribution in [2.75, 3.05) is 13.1 Å². The predicted molar refractivity (Wildman–Crippen MR) is 91.3 cm³/mol. The summed E-state index contributed by atoms with van der Waals surface area (Å²) in [5, 5.41) is 13.3. The number of hydrogen-bond acceptors (Lipinski definition) is 5. The maximum Gasteiger partial charge on any atom is 0.272 e. The molecule has 2 aromatic rings. The quantitative estimate of drug-likeness (QED) is 0.752. The van der Waals surface area contributed by atoms with E-state index in [4.69, 9.17) is 0 Å². The van der Waals surface area contributed by atoms with E-state index in [1.54, 1.807) is 0 Å². The highest BCUT2D eigenvalue weighted by Crippen LogP contribution is 2.37. The molecule has 128 valence electrons. The SMILES string of the molecule is Cl.O=C(NCCc1cnc(C2CC2)nc1)c1n[nH]c2c1CNCC2. The molecule has 1 aliphatic heterocycles. The number of nitrogens with zero attached hydrogens (tertiary/aromatic N) is 3. The molecule has 2 aromatic heterocycles. The Bertz CT molecular complexity index is 710. The van der Waals surface area contributed by atoms with Crippen LogP contribution in [0, 0.1) is 0 Å². The van der Waals surface area contributed by atoms with Gasteiger partial charge in [-0.3, -0.25) is 9.89 Å². The highest BCUT2D eigenvalue weighted by Gasteiger charge is 2.26. The Hall–Kier alpha value is -1.99. The summed E-state index contributed by atoms with van der Waals surface area (Å²) in [6.07, 6.45) is 7.76. The van der Waals surface area contributed by atoms with Gasteiger partial charge in [0.25, 0.3) is 5.91 Å². The number of aromatic nitrogens is 4. The van der Waals surface area contributed by atoms with Gasteiger partial charge in [0.05, 0.1) is 0 Å². The second kappa shape index (κ2) is 7.27. The van der Waals surface area contributed by atoms with Gasteiger partial charge in [0.15, 0.2) is 5.69 Å². The van der Waals surface area contributed by atoms with Gasteiger partial charge in [0.2, 0.25) is 0 Å². The number of fused-ring (bicyclic) bond motifs is 1. The second-order valence-electron chi connectivity index (χ2n) is 6.19. The van der Waals surface area contributed by atoms with Gasteiger partial charge in [-0.25, -0.2) is 9.97 Å². The molecule has 1 amide bonds. The van der Waals surface area contributed by atoms with Gasteiger partial charge in [0.1, 0.15) is 5.82 Å². The lowest BCUT2D eigenvalue weighted by Crippen LogP contribution is -2.29. The van der Waals surface area contributed by atoms with Crippen LogP contribution in [0.15, 0.2) is 12.4 Å². The average Bonchev–Trinajstić information content (AvgIpc) is 3.34. The van der Waals surface area contributed by atoms with Gasteiger partial charge in [-0.05, 0) is 24.8 Å². The van der Waals surface area contributed by atoms with E-state index in [0.717, 1.165) is 42.0 Å². The topological polar surface area (TPSA) is 95.6 Å². The lowest BCUT2D eigenvalue weighted by molar-refractivity contribution is 0.0948. The normalized spacial score (nSPS) is 16.2. The Labute approximate surface area is 146 Å². The van der Waals surface area contributed by atoms with Crippen molar-refractivity contribution in [1.82, 2.24) is 30.8 Å². The summed E-state index contributed by atoms with van der Waals surface area (Å²) in [4.78, 5) is 21.1. The zero-order valence-corrected chi connectivity index (χ0v) is 14.2. The van der Waals surface area contributed by atoms with Crippen LogP contribution in [0.5, 0.6) is 0 Å². The van der Waals surface area contributed by atoms with Gasteiger partial charge < -0.3 is 10.6 Å². The summed E-state index contributed by atoms with van der Waals surface area (Å²) in [6, 6.07) is 0. The molecule has 0 aromatic carbocycles. The summed E-state index contributed by atoms with van der Waals surface area (Å²) in [5.41, 5.74) is 3.61. The monoisotopic (exact) mass is 348 g/mol. The van der Waals surface area contributed by atoms with Crippen LogP contribution in [-0.4, -0.2) is 39.2 Å². The molecule has 8 heteroatoms. The first-order valence-corrected chi connectivity index (χ1v) is 8.17. The molecule has 0 radical (unpaired) electrons. The largest absolute Gasteiger partial charge is 0.350 e. The van der Waals surface area contributed by atoms with Gasteiger partial charge in [0, 0.05) is 55.6 Å². The molecule has 1 saturated carbocycles. The highest BCUT2D eigenvalue weighted by molar-refractivity contribution is 5.94. The number of aromatic amines is 1. The van der Waals surface area contributed by atoms with Crippen LogP contribution < -0.4 is 10.6 Å². The van der Waals surface area contributed by atoms with Crippen molar-refractivity contribution in [3.05, 3.63) is 40.7 Å². The first-order chi connectivity index (χ1) is 11.3. The van der Waals surface area contributed by atoms with Crippen LogP contribution in [0.1, 0.15) is 51.9 Å². The minimum Gasteiger partial charge on any atom is -0.350 e. The van der Waals surface area contributed by atoms with E-state index in [9.17, 15) is 4.79 Å². The number of halogens is 1. The number of carbonyl (C=O) groups excluding carboxylic acids is 1. The van der Waals surface area contributed by atoms with E-state index in [1.165, 1.54) is 12.8 Å². The summed E-state index contributed by atoms with van der Waals surface area (Å²) >= 11 is 0. The molecule has 0 atom stereocenters. The lowest BCUT2D eigenvalue weighted by Gasteiger charge is -2.12. The highest BCUT2D eigenvalue weighted by atomic mass is 35.5. The predicted octanol–water partition coefficient (Wildman–Crippen LogP) is 1.12. The van der Waals surface area contributed by atoms with Crippen molar-refractivity contribution in [3.63, 3.8) is 0 Å². The van der Waals surface area contributed by atoms with E-state index in [2.05, 4.69) is 30.8 Å². The summed E-state index contributed by atoms with van der Waals surface area (Å²) < 4.78 is 0. The van der Waals surface area contributed by atoms with Crippen molar-refractivity contribution in [2.24, 2.45) is 0 Å². The van der Waals surface area contributed by atoms with E-state index in [1.807, 2.05) is 12.4 Å². The van der Waals surface area contributed by atoms with Crippen LogP contribution in [0.4, 0.5) is 0 Å². The molecule has 7 nitrogen and oxygen atoms in total. The number of H-pyrrole nitrogens is 1. The second-order valence-corrected chi connectivity index (χ2v) is 6.19. The molecule has 2 aliphatic rings. The molecule has 0 unspecified atom stereocenters. The number of amides is 1. The van der Waals surface area contributed by atoms with Crippen molar-refractivity contribution in [3.8, 4) is 0 Å². The molecule has 0 spiro atoms. The average molecular weight is 349 g/mol. The Balaban J connectivity index is 0.00000169. The number of carbonyl (C=O) groups is 1. The Kier molecular flexibility index (Phi) is 5.11. The molecule has 3 N–H and O–H groups in total. The maximum atomic E-state index is 12.3. The molecule has 24 heavy (non-hydrogen) atoms. The molecule has 0 bridgehead atoms. The number of rotatable bonds is 5. The van der Waals surface area contributed by atoms with Gasteiger partial charge in [-0.15, -0.1) is 12.4 Å². The van der Waals surface area contributed by atoms with Gasteiger partial charge in [-0.2, -0.15) is 5.10 Å². The molecular formula is C16H21ClN6O. The first kappa shape index (κ1) is 16.9. The molecule has 1 fully saturated rings. The van der Waals surface area contributed by atoms with E-state index in [-0.39, 0.29) is 18.3 Å². The van der Waals surface area contributed by atoms with Crippen LogP contribution >= 0.6 is 12.4 Å². The molecular weight excluding hydrogens is 328 g/mol. The van der Waals surface area contributed by atoms with Crippen LogP contribution in [0.25, 0.3) is 0 Å². The summed E-state index contributed by atoms with van der Waals surface area (Å²) in [6.45, 7) is 2.18. The first-order valence-electron chi connectivity index (χ1n) is 8.17. The molecule has 1 aliphatic carbocycles. The van der Waals surface area contributed by atoms with Gasteiger partial charge in [-0.1, -0.05) is 0 Å². The third kappa shape index (κ3) is 3.57. The van der Waals surface area contributed by atoms with Crippen molar-refractivity contribution in [1.29, 1.82) is 0 Å².